The highest BCUT2D eigenvalue weighted by Crippen LogP contribution is 2.28. The lowest BCUT2D eigenvalue weighted by Gasteiger charge is -2.34. The van der Waals surface area contributed by atoms with Gasteiger partial charge in [-0.15, -0.1) is 0 Å². The maximum absolute atomic E-state index is 12.5. The van der Waals surface area contributed by atoms with Gasteiger partial charge in [-0.25, -0.2) is 4.79 Å². The maximum Gasteiger partial charge on any atom is 0.321 e. The highest BCUT2D eigenvalue weighted by Gasteiger charge is 2.37. The Labute approximate surface area is 148 Å². The van der Waals surface area contributed by atoms with E-state index in [-0.39, 0.29) is 23.9 Å². The zero-order chi connectivity index (χ0) is 18.3. The fourth-order valence-corrected chi connectivity index (χ4v) is 3.84. The van der Waals surface area contributed by atoms with Gasteiger partial charge in [0.25, 0.3) is 11.8 Å². The first-order chi connectivity index (χ1) is 11.8. The van der Waals surface area contributed by atoms with Crippen molar-refractivity contribution >= 4 is 23.5 Å². The number of urea groups is 1. The topological polar surface area (TPSA) is 69.7 Å². The van der Waals surface area contributed by atoms with Crippen LogP contribution in [0.4, 0.5) is 10.5 Å². The Morgan fingerprint density at radius 3 is 2.28 bits per heavy atom. The second-order valence-electron chi connectivity index (χ2n) is 7.62. The predicted octanol–water partition coefficient (Wildman–Crippen LogP) is 3.20. The maximum atomic E-state index is 12.5. The Balaban J connectivity index is 1.77. The van der Waals surface area contributed by atoms with Crippen molar-refractivity contribution in [3.05, 3.63) is 29.3 Å². The Bertz CT molecular complexity index is 719. The van der Waals surface area contributed by atoms with Crippen molar-refractivity contribution < 1.29 is 14.4 Å². The molecule has 6 nitrogen and oxygen atoms in total. The molecule has 0 aliphatic carbocycles. The molecule has 1 aromatic carbocycles. The van der Waals surface area contributed by atoms with E-state index >= 15 is 0 Å². The molecule has 2 heterocycles. The van der Waals surface area contributed by atoms with Gasteiger partial charge in [-0.3, -0.25) is 14.5 Å². The summed E-state index contributed by atoms with van der Waals surface area (Å²) in [6.07, 6.45) is 1.13. The van der Waals surface area contributed by atoms with Crippen LogP contribution in [-0.2, 0) is 0 Å². The van der Waals surface area contributed by atoms with Crippen molar-refractivity contribution in [3.63, 3.8) is 0 Å². The molecule has 1 N–H and O–H groups in total. The van der Waals surface area contributed by atoms with E-state index in [1.165, 1.54) is 4.90 Å². The highest BCUT2D eigenvalue weighted by atomic mass is 16.2. The molecule has 2 aliphatic rings. The normalized spacial score (nSPS) is 23.2. The lowest BCUT2D eigenvalue weighted by atomic mass is 9.92. The van der Waals surface area contributed by atoms with Crippen LogP contribution < -0.4 is 5.32 Å². The van der Waals surface area contributed by atoms with Crippen molar-refractivity contribution in [1.82, 2.24) is 9.80 Å². The van der Waals surface area contributed by atoms with Gasteiger partial charge in [0.2, 0.25) is 0 Å². The second kappa shape index (κ2) is 6.50. The van der Waals surface area contributed by atoms with Gasteiger partial charge in [-0.2, -0.15) is 0 Å². The molecule has 2 unspecified atom stereocenters. The van der Waals surface area contributed by atoms with Gasteiger partial charge >= 0.3 is 6.03 Å². The van der Waals surface area contributed by atoms with Crippen LogP contribution in [0.25, 0.3) is 0 Å². The van der Waals surface area contributed by atoms with Crippen LogP contribution in [0.5, 0.6) is 0 Å². The first-order valence-corrected chi connectivity index (χ1v) is 8.85. The van der Waals surface area contributed by atoms with Crippen LogP contribution in [0.1, 0.15) is 54.8 Å². The first-order valence-electron chi connectivity index (χ1n) is 8.85. The minimum absolute atomic E-state index is 0.157. The quantitative estimate of drug-likeness (QED) is 0.838. The molecule has 4 amide bonds. The fraction of sp³-hybridized carbons (Fsp3) is 0.526. The molecule has 0 saturated carbocycles. The molecule has 0 aromatic heterocycles. The van der Waals surface area contributed by atoms with Crippen molar-refractivity contribution in [2.24, 2.45) is 11.8 Å². The standard InChI is InChI=1S/C19H25N3O3/c1-11(2)22-17(23)15-6-5-14(8-16(15)18(22)24)20-19(25)21-9-12(3)7-13(4)10-21/h5-6,8,11-13H,7,9-10H2,1-4H3,(H,20,25). The van der Waals surface area contributed by atoms with E-state index in [1.54, 1.807) is 18.2 Å². The number of hydrogen-bond acceptors (Lipinski definition) is 3. The van der Waals surface area contributed by atoms with E-state index in [9.17, 15) is 14.4 Å². The summed E-state index contributed by atoms with van der Waals surface area (Å²) in [6, 6.07) is 4.56. The summed E-state index contributed by atoms with van der Waals surface area (Å²) in [5, 5.41) is 2.87. The summed E-state index contributed by atoms with van der Waals surface area (Å²) >= 11 is 0. The molecule has 0 bridgehead atoms. The first kappa shape index (κ1) is 17.5. The zero-order valence-electron chi connectivity index (χ0n) is 15.2. The highest BCUT2D eigenvalue weighted by molar-refractivity contribution is 6.22. The zero-order valence-corrected chi connectivity index (χ0v) is 15.2. The number of piperidine rings is 1. The van der Waals surface area contributed by atoms with E-state index in [2.05, 4.69) is 19.2 Å². The largest absolute Gasteiger partial charge is 0.324 e. The lowest BCUT2D eigenvalue weighted by Crippen LogP contribution is -2.44. The average Bonchev–Trinajstić information content (AvgIpc) is 2.77. The number of rotatable bonds is 2. The fourth-order valence-electron chi connectivity index (χ4n) is 3.84. The Morgan fingerprint density at radius 1 is 1.08 bits per heavy atom. The molecule has 2 aliphatic heterocycles. The van der Waals surface area contributed by atoms with Crippen LogP contribution >= 0.6 is 0 Å². The summed E-state index contributed by atoms with van der Waals surface area (Å²) in [6.45, 7) is 9.39. The average molecular weight is 343 g/mol. The molecule has 1 saturated heterocycles. The molecule has 25 heavy (non-hydrogen) atoms. The van der Waals surface area contributed by atoms with Crippen LogP contribution in [0.2, 0.25) is 0 Å². The molecule has 6 heteroatoms. The number of carbonyl (C=O) groups is 3. The van der Waals surface area contributed by atoms with E-state index < -0.39 is 0 Å². The van der Waals surface area contributed by atoms with E-state index in [1.807, 2.05) is 18.7 Å². The van der Waals surface area contributed by atoms with E-state index in [0.717, 1.165) is 19.5 Å². The molecular weight excluding hydrogens is 318 g/mol. The van der Waals surface area contributed by atoms with Crippen molar-refractivity contribution in [3.8, 4) is 0 Å². The SMILES string of the molecule is CC1CC(C)CN(C(=O)Nc2ccc3c(c2)C(=O)N(C(C)C)C3=O)C1. The van der Waals surface area contributed by atoms with Crippen LogP contribution in [0.15, 0.2) is 18.2 Å². The molecule has 2 atom stereocenters. The number of benzene rings is 1. The van der Waals surface area contributed by atoms with Gasteiger partial charge in [0.15, 0.2) is 0 Å². The molecule has 3 rings (SSSR count). The number of amides is 4. The minimum Gasteiger partial charge on any atom is -0.324 e. The minimum atomic E-state index is -0.300. The second-order valence-corrected chi connectivity index (χ2v) is 7.62. The van der Waals surface area contributed by atoms with Crippen LogP contribution in [0.3, 0.4) is 0 Å². The van der Waals surface area contributed by atoms with Crippen molar-refractivity contribution in [1.29, 1.82) is 0 Å². The van der Waals surface area contributed by atoms with Gasteiger partial charge in [0.1, 0.15) is 0 Å². The number of imide groups is 1. The van der Waals surface area contributed by atoms with E-state index in [4.69, 9.17) is 0 Å². The number of nitrogens with zero attached hydrogens (tertiary/aromatic N) is 2. The van der Waals surface area contributed by atoms with Gasteiger partial charge < -0.3 is 10.2 Å². The molecule has 134 valence electrons. The summed E-state index contributed by atoms with van der Waals surface area (Å²) in [7, 11) is 0. The molecule has 0 radical (unpaired) electrons. The van der Waals surface area contributed by atoms with Crippen molar-refractivity contribution in [2.75, 3.05) is 18.4 Å². The number of hydrogen-bond donors (Lipinski definition) is 1. The third-order valence-electron chi connectivity index (χ3n) is 4.84. The Kier molecular flexibility index (Phi) is 4.54. The van der Waals surface area contributed by atoms with Gasteiger partial charge in [0.05, 0.1) is 11.1 Å². The summed E-state index contributed by atoms with van der Waals surface area (Å²) in [4.78, 5) is 40.4. The summed E-state index contributed by atoms with van der Waals surface area (Å²) in [5.41, 5.74) is 1.30. The van der Waals surface area contributed by atoms with Gasteiger partial charge in [-0.05, 0) is 50.3 Å². The number of nitrogens with one attached hydrogen (secondary N) is 1. The molecule has 1 fully saturated rings. The predicted molar refractivity (Wildman–Crippen MR) is 95.6 cm³/mol. The Hall–Kier alpha value is -2.37. The monoisotopic (exact) mass is 343 g/mol. The van der Waals surface area contributed by atoms with Gasteiger partial charge in [-0.1, -0.05) is 13.8 Å². The number of carbonyl (C=O) groups excluding carboxylic acids is 3. The molecular formula is C19H25N3O3. The lowest BCUT2D eigenvalue weighted by molar-refractivity contribution is 0.0609. The van der Waals surface area contributed by atoms with Crippen LogP contribution in [0, 0.1) is 11.8 Å². The summed E-state index contributed by atoms with van der Waals surface area (Å²) in [5.74, 6) is 0.388. The third-order valence-corrected chi connectivity index (χ3v) is 4.84. The van der Waals surface area contributed by atoms with Crippen molar-refractivity contribution in [2.45, 2.75) is 40.2 Å². The molecule has 0 spiro atoms. The number of likely N-dealkylation sites (tertiary alicyclic amines) is 1. The number of fused-ring (bicyclic) bond motifs is 1. The van der Waals surface area contributed by atoms with Crippen LogP contribution in [-0.4, -0.2) is 46.8 Å². The smallest absolute Gasteiger partial charge is 0.321 e. The molecule has 1 aromatic rings. The van der Waals surface area contributed by atoms with E-state index in [0.29, 0.717) is 28.7 Å². The number of anilines is 1. The summed E-state index contributed by atoms with van der Waals surface area (Å²) < 4.78 is 0. The van der Waals surface area contributed by atoms with Gasteiger partial charge in [0, 0.05) is 24.8 Å². The Morgan fingerprint density at radius 2 is 1.68 bits per heavy atom. The third kappa shape index (κ3) is 3.25.